The smallest absolute Gasteiger partial charge is 0.0488 e. The van der Waals surface area contributed by atoms with Gasteiger partial charge in [-0.2, -0.15) is 0 Å². The van der Waals surface area contributed by atoms with Crippen molar-refractivity contribution in [1.29, 1.82) is 0 Å². The summed E-state index contributed by atoms with van der Waals surface area (Å²) < 4.78 is 0. The molecule has 0 aliphatic carbocycles. The predicted octanol–water partition coefficient (Wildman–Crippen LogP) is 4.11. The van der Waals surface area contributed by atoms with Crippen LogP contribution in [0.25, 0.3) is 0 Å². The van der Waals surface area contributed by atoms with E-state index >= 15 is 0 Å². The molecule has 0 amide bonds. The van der Waals surface area contributed by atoms with Gasteiger partial charge in [0.2, 0.25) is 0 Å². The highest BCUT2D eigenvalue weighted by molar-refractivity contribution is 7.10. The average Bonchev–Trinajstić information content (AvgIpc) is 2.89. The number of benzene rings is 1. The van der Waals surface area contributed by atoms with Gasteiger partial charge < -0.3 is 5.73 Å². The third-order valence-electron chi connectivity index (χ3n) is 3.82. The third kappa shape index (κ3) is 2.74. The minimum absolute atomic E-state index is 0.146. The molecule has 0 bridgehead atoms. The summed E-state index contributed by atoms with van der Waals surface area (Å²) in [6.45, 7) is 2.52. The molecule has 1 atom stereocenters. The second-order valence-corrected chi connectivity index (χ2v) is 6.85. The van der Waals surface area contributed by atoms with Crippen LogP contribution in [0.15, 0.2) is 29.6 Å². The van der Waals surface area contributed by atoms with Gasteiger partial charge in [0.05, 0.1) is 0 Å². The summed E-state index contributed by atoms with van der Waals surface area (Å²) in [5.41, 5.74) is 8.50. The highest BCUT2D eigenvalue weighted by Crippen LogP contribution is 2.33. The maximum absolute atomic E-state index is 6.34. The van der Waals surface area contributed by atoms with Gasteiger partial charge in [0.25, 0.3) is 0 Å². The molecule has 1 aromatic carbocycles. The van der Waals surface area contributed by atoms with E-state index in [0.717, 1.165) is 25.1 Å². The normalized spacial score (nSPS) is 16.9. The second kappa shape index (κ2) is 6.04. The van der Waals surface area contributed by atoms with Crippen LogP contribution in [0.1, 0.15) is 22.0 Å². The molecule has 0 saturated heterocycles. The van der Waals surface area contributed by atoms with E-state index < -0.39 is 0 Å². The van der Waals surface area contributed by atoms with Gasteiger partial charge >= 0.3 is 0 Å². The van der Waals surface area contributed by atoms with Gasteiger partial charge in [-0.25, -0.2) is 0 Å². The van der Waals surface area contributed by atoms with Crippen LogP contribution < -0.4 is 5.73 Å². The van der Waals surface area contributed by atoms with E-state index in [1.54, 1.807) is 6.07 Å². The van der Waals surface area contributed by atoms with Gasteiger partial charge in [-0.1, -0.05) is 29.3 Å². The Labute approximate surface area is 133 Å². The van der Waals surface area contributed by atoms with Crippen molar-refractivity contribution >= 4 is 34.5 Å². The molecule has 2 heterocycles. The number of rotatable bonds is 3. The van der Waals surface area contributed by atoms with E-state index in [1.807, 2.05) is 23.5 Å². The molecule has 2 aromatic rings. The molecular formula is C15H16Cl2N2S. The van der Waals surface area contributed by atoms with Crippen LogP contribution in [-0.2, 0) is 13.0 Å². The van der Waals surface area contributed by atoms with Crippen LogP contribution in [0.3, 0.4) is 0 Å². The minimum atomic E-state index is 0.146. The van der Waals surface area contributed by atoms with Crippen LogP contribution in [0.5, 0.6) is 0 Å². The van der Waals surface area contributed by atoms with Crippen LogP contribution in [0, 0.1) is 0 Å². The molecule has 1 aromatic heterocycles. The lowest BCUT2D eigenvalue weighted by atomic mass is 10.0. The van der Waals surface area contributed by atoms with Crippen LogP contribution in [0.2, 0.25) is 10.0 Å². The number of hydrogen-bond acceptors (Lipinski definition) is 3. The summed E-state index contributed by atoms with van der Waals surface area (Å²) in [7, 11) is 0. The molecule has 0 radical (unpaired) electrons. The summed E-state index contributed by atoms with van der Waals surface area (Å²) in [5.74, 6) is 0. The number of fused-ring (bicyclic) bond motifs is 1. The zero-order valence-electron chi connectivity index (χ0n) is 11.0. The summed E-state index contributed by atoms with van der Waals surface area (Å²) in [5, 5.41) is 3.53. The molecule has 106 valence electrons. The van der Waals surface area contributed by atoms with Gasteiger partial charge in [0.15, 0.2) is 0 Å². The van der Waals surface area contributed by atoms with Crippen molar-refractivity contribution in [2.24, 2.45) is 5.73 Å². The van der Waals surface area contributed by atoms with E-state index in [-0.39, 0.29) is 6.04 Å². The maximum atomic E-state index is 6.34. The molecule has 2 N–H and O–H groups in total. The Balaban J connectivity index is 1.87. The Hall–Kier alpha value is -0.580. The lowest BCUT2D eigenvalue weighted by molar-refractivity contribution is 0.185. The molecule has 1 unspecified atom stereocenters. The fourth-order valence-corrected chi connectivity index (χ4v) is 4.20. The Kier molecular flexibility index (Phi) is 4.34. The number of thiophene rings is 1. The van der Waals surface area contributed by atoms with E-state index in [2.05, 4.69) is 16.3 Å². The summed E-state index contributed by atoms with van der Waals surface area (Å²) in [4.78, 5) is 3.91. The molecule has 1 aliphatic heterocycles. The molecule has 0 fully saturated rings. The molecule has 1 aliphatic rings. The highest BCUT2D eigenvalue weighted by Gasteiger charge is 2.25. The Bertz CT molecular complexity index is 612. The van der Waals surface area contributed by atoms with Crippen molar-refractivity contribution in [3.05, 3.63) is 55.7 Å². The lowest BCUT2D eigenvalue weighted by Gasteiger charge is -2.34. The van der Waals surface area contributed by atoms with Crippen LogP contribution >= 0.6 is 34.5 Å². The Morgan fingerprint density at radius 2 is 2.15 bits per heavy atom. The van der Waals surface area contributed by atoms with Gasteiger partial charge in [0, 0.05) is 40.6 Å². The van der Waals surface area contributed by atoms with Crippen molar-refractivity contribution in [3.63, 3.8) is 0 Å². The van der Waals surface area contributed by atoms with Gasteiger partial charge in [-0.3, -0.25) is 4.90 Å². The number of hydrogen-bond donors (Lipinski definition) is 1. The first-order valence-electron chi connectivity index (χ1n) is 6.63. The average molecular weight is 327 g/mol. The van der Waals surface area contributed by atoms with Gasteiger partial charge in [-0.15, -0.1) is 11.3 Å². The summed E-state index contributed by atoms with van der Waals surface area (Å²) in [6, 6.07) is 8.02. The van der Waals surface area contributed by atoms with Gasteiger partial charge in [-0.05, 0) is 41.1 Å². The predicted molar refractivity (Wildman–Crippen MR) is 86.7 cm³/mol. The lowest BCUT2D eigenvalue weighted by Crippen LogP contribution is -2.37. The number of nitrogens with two attached hydrogens (primary N) is 1. The Morgan fingerprint density at radius 3 is 2.90 bits per heavy atom. The van der Waals surface area contributed by atoms with Crippen molar-refractivity contribution in [2.45, 2.75) is 19.0 Å². The first-order chi connectivity index (χ1) is 9.69. The number of nitrogens with zero attached hydrogens (tertiary/aromatic N) is 1. The molecule has 2 nitrogen and oxygen atoms in total. The molecule has 3 rings (SSSR count). The van der Waals surface area contributed by atoms with Crippen molar-refractivity contribution in [2.75, 3.05) is 13.1 Å². The van der Waals surface area contributed by atoms with E-state index in [9.17, 15) is 0 Å². The Morgan fingerprint density at radius 1 is 1.30 bits per heavy atom. The highest BCUT2D eigenvalue weighted by atomic mass is 35.5. The molecule has 0 spiro atoms. The van der Waals surface area contributed by atoms with Crippen LogP contribution in [0.4, 0.5) is 0 Å². The van der Waals surface area contributed by atoms with E-state index in [4.69, 9.17) is 28.9 Å². The van der Waals surface area contributed by atoms with E-state index in [0.29, 0.717) is 16.6 Å². The SMILES string of the molecule is NCC(c1ccc(Cl)cc1Cl)N1CCc2sccc2C1. The zero-order chi connectivity index (χ0) is 14.1. The minimum Gasteiger partial charge on any atom is -0.329 e. The monoisotopic (exact) mass is 326 g/mol. The largest absolute Gasteiger partial charge is 0.329 e. The molecule has 0 saturated carbocycles. The molecule has 5 heteroatoms. The van der Waals surface area contributed by atoms with Gasteiger partial charge in [0.1, 0.15) is 0 Å². The first-order valence-corrected chi connectivity index (χ1v) is 8.27. The van der Waals surface area contributed by atoms with Crippen molar-refractivity contribution in [3.8, 4) is 0 Å². The van der Waals surface area contributed by atoms with E-state index in [1.165, 1.54) is 10.4 Å². The fourth-order valence-electron chi connectivity index (χ4n) is 2.78. The topological polar surface area (TPSA) is 29.3 Å². The summed E-state index contributed by atoms with van der Waals surface area (Å²) in [6.07, 6.45) is 1.09. The van der Waals surface area contributed by atoms with Crippen LogP contribution in [-0.4, -0.2) is 18.0 Å². The second-order valence-electron chi connectivity index (χ2n) is 5.01. The zero-order valence-corrected chi connectivity index (χ0v) is 13.3. The fraction of sp³-hybridized carbons (Fsp3) is 0.333. The quantitative estimate of drug-likeness (QED) is 0.919. The first kappa shape index (κ1) is 14.4. The number of halogens is 2. The standard InChI is InChI=1S/C15H16Cl2N2S/c16-11-1-2-12(13(17)7-11)14(8-18)19-5-3-15-10(9-19)4-6-20-15/h1-2,4,6-7,14H,3,5,8-9,18H2. The molecular weight excluding hydrogens is 311 g/mol. The van der Waals surface area contributed by atoms with Crippen molar-refractivity contribution < 1.29 is 0 Å². The summed E-state index contributed by atoms with van der Waals surface area (Å²) >= 11 is 14.2. The maximum Gasteiger partial charge on any atom is 0.0488 e. The molecule has 20 heavy (non-hydrogen) atoms. The third-order valence-corrected chi connectivity index (χ3v) is 5.41. The van der Waals surface area contributed by atoms with Crippen molar-refractivity contribution in [1.82, 2.24) is 4.90 Å².